The summed E-state index contributed by atoms with van der Waals surface area (Å²) >= 11 is 0. The van der Waals surface area contributed by atoms with Crippen LogP contribution in [0.1, 0.15) is 58.3 Å². The van der Waals surface area contributed by atoms with Crippen molar-refractivity contribution in [2.24, 2.45) is 0 Å². The van der Waals surface area contributed by atoms with Gasteiger partial charge in [0.2, 0.25) is 5.91 Å². The van der Waals surface area contributed by atoms with Gasteiger partial charge in [-0.25, -0.2) is 0 Å². The Labute approximate surface area is 140 Å². The average molecular weight is 323 g/mol. The Bertz CT molecular complexity index is 395. The topological polar surface area (TPSA) is 55.8 Å². The molecule has 2 N–H and O–H groups in total. The van der Waals surface area contributed by atoms with E-state index >= 15 is 0 Å². The molecule has 3 aliphatic rings. The number of hydrogen-bond acceptors (Lipinski definition) is 4. The first-order valence-electron chi connectivity index (χ1n) is 9.52. The van der Waals surface area contributed by atoms with Crippen molar-refractivity contribution in [3.05, 3.63) is 0 Å². The Kier molecular flexibility index (Phi) is 5.60. The van der Waals surface area contributed by atoms with Crippen LogP contribution >= 0.6 is 0 Å². The van der Waals surface area contributed by atoms with E-state index in [1.807, 2.05) is 0 Å². The molecule has 2 saturated heterocycles. The lowest BCUT2D eigenvalue weighted by Crippen LogP contribution is -2.57. The molecule has 132 valence electrons. The molecule has 1 unspecified atom stereocenters. The number of carbonyl (C=O) groups is 1. The zero-order valence-corrected chi connectivity index (χ0v) is 14.6. The lowest BCUT2D eigenvalue weighted by molar-refractivity contribution is -0.141. The minimum atomic E-state index is -0.335. The van der Waals surface area contributed by atoms with Crippen LogP contribution in [-0.2, 0) is 4.79 Å². The Morgan fingerprint density at radius 2 is 1.83 bits per heavy atom. The minimum Gasteiger partial charge on any atom is -0.387 e. The Balaban J connectivity index is 1.61. The summed E-state index contributed by atoms with van der Waals surface area (Å²) in [7, 11) is 0. The summed E-state index contributed by atoms with van der Waals surface area (Å²) in [5, 5.41) is 12.9. The first-order chi connectivity index (χ1) is 11.1. The van der Waals surface area contributed by atoms with E-state index < -0.39 is 0 Å². The lowest BCUT2D eigenvalue weighted by Gasteiger charge is -2.47. The Morgan fingerprint density at radius 1 is 1.17 bits per heavy atom. The predicted molar refractivity (Wildman–Crippen MR) is 91.3 cm³/mol. The summed E-state index contributed by atoms with van der Waals surface area (Å²) in [6.07, 6.45) is 9.31. The molecule has 3 fully saturated rings. The van der Waals surface area contributed by atoms with Crippen molar-refractivity contribution in [2.45, 2.75) is 75.9 Å². The van der Waals surface area contributed by atoms with Crippen LogP contribution in [0.3, 0.4) is 0 Å². The van der Waals surface area contributed by atoms with Crippen LogP contribution in [0.5, 0.6) is 0 Å². The number of rotatable bonds is 4. The summed E-state index contributed by atoms with van der Waals surface area (Å²) in [6, 6.07) is 0.690. The van der Waals surface area contributed by atoms with Crippen LogP contribution in [0.4, 0.5) is 0 Å². The third-order valence-corrected chi connectivity index (χ3v) is 6.36. The van der Waals surface area contributed by atoms with Gasteiger partial charge in [-0.2, -0.15) is 0 Å². The highest BCUT2D eigenvalue weighted by molar-refractivity contribution is 5.78. The number of carbonyl (C=O) groups excluding carboxylic acids is 1. The molecule has 0 spiro atoms. The molecule has 23 heavy (non-hydrogen) atoms. The zero-order chi connectivity index (χ0) is 16.3. The number of likely N-dealkylation sites (tertiary alicyclic amines) is 1. The quantitative estimate of drug-likeness (QED) is 0.820. The van der Waals surface area contributed by atoms with Crippen molar-refractivity contribution in [3.63, 3.8) is 0 Å². The van der Waals surface area contributed by atoms with Gasteiger partial charge in [-0.15, -0.1) is 0 Å². The second-order valence-electron chi connectivity index (χ2n) is 7.89. The maximum atomic E-state index is 12.4. The highest BCUT2D eigenvalue weighted by Gasteiger charge is 2.39. The number of nitrogens with zero attached hydrogens (tertiary/aromatic N) is 2. The smallest absolute Gasteiger partial charge is 0.248 e. The number of hydrogen-bond donors (Lipinski definition) is 2. The molecule has 0 aromatic carbocycles. The molecule has 0 radical (unpaired) electrons. The van der Waals surface area contributed by atoms with E-state index in [1.165, 1.54) is 25.7 Å². The molecular formula is C18H33N3O2. The van der Waals surface area contributed by atoms with E-state index in [0.29, 0.717) is 17.6 Å². The van der Waals surface area contributed by atoms with E-state index in [9.17, 15) is 9.90 Å². The van der Waals surface area contributed by atoms with Crippen LogP contribution in [-0.4, -0.2) is 71.2 Å². The van der Waals surface area contributed by atoms with Crippen molar-refractivity contribution >= 4 is 5.91 Å². The summed E-state index contributed by atoms with van der Waals surface area (Å²) in [5.74, 6) is -0.0518. The van der Waals surface area contributed by atoms with Crippen molar-refractivity contribution in [3.8, 4) is 0 Å². The summed E-state index contributed by atoms with van der Waals surface area (Å²) in [5.41, 5.74) is 0.293. The standard InChI is InChI=1S/C18H33N3O2/c1-18(9-10-19-14-18)20-11-7-16(8-12-20)21(17(23)13-22)15-5-3-2-4-6-15/h15-16,19,22H,2-14H2,1H3. The molecule has 0 bridgehead atoms. The average Bonchev–Trinajstić information content (AvgIpc) is 3.04. The number of piperidine rings is 1. The van der Waals surface area contributed by atoms with Gasteiger partial charge in [0.1, 0.15) is 6.61 Å². The van der Waals surface area contributed by atoms with E-state index in [2.05, 4.69) is 22.0 Å². The van der Waals surface area contributed by atoms with Crippen LogP contribution < -0.4 is 5.32 Å². The molecule has 1 saturated carbocycles. The molecule has 3 rings (SSSR count). The molecule has 5 nitrogen and oxygen atoms in total. The molecule has 1 atom stereocenters. The number of amides is 1. The second-order valence-corrected chi connectivity index (χ2v) is 7.89. The maximum Gasteiger partial charge on any atom is 0.248 e. The SMILES string of the molecule is CC1(N2CCC(N(C(=O)CO)C3CCCCC3)CC2)CCNC1. The van der Waals surface area contributed by atoms with Crippen LogP contribution in [0.25, 0.3) is 0 Å². The fourth-order valence-electron chi connectivity index (χ4n) is 4.90. The van der Waals surface area contributed by atoms with Crippen LogP contribution in [0.2, 0.25) is 0 Å². The van der Waals surface area contributed by atoms with Gasteiger partial charge in [0, 0.05) is 37.3 Å². The van der Waals surface area contributed by atoms with Crippen molar-refractivity contribution in [1.29, 1.82) is 0 Å². The number of nitrogens with one attached hydrogen (secondary N) is 1. The van der Waals surface area contributed by atoms with Gasteiger partial charge in [0.05, 0.1) is 0 Å². The van der Waals surface area contributed by atoms with Gasteiger partial charge < -0.3 is 15.3 Å². The third kappa shape index (κ3) is 3.72. The molecular weight excluding hydrogens is 290 g/mol. The number of aliphatic hydroxyl groups is 1. The third-order valence-electron chi connectivity index (χ3n) is 6.36. The van der Waals surface area contributed by atoms with E-state index in [4.69, 9.17) is 0 Å². The Hall–Kier alpha value is -0.650. The first kappa shape index (κ1) is 17.2. The maximum absolute atomic E-state index is 12.4. The summed E-state index contributed by atoms with van der Waals surface area (Å²) < 4.78 is 0. The first-order valence-corrected chi connectivity index (χ1v) is 9.52. The normalized spacial score (nSPS) is 31.4. The fraction of sp³-hybridized carbons (Fsp3) is 0.944. The van der Waals surface area contributed by atoms with Crippen molar-refractivity contribution < 1.29 is 9.90 Å². The molecule has 1 aliphatic carbocycles. The van der Waals surface area contributed by atoms with Crippen LogP contribution in [0.15, 0.2) is 0 Å². The monoisotopic (exact) mass is 323 g/mol. The summed E-state index contributed by atoms with van der Waals surface area (Å²) in [6.45, 7) is 6.38. The van der Waals surface area contributed by atoms with Gasteiger partial charge >= 0.3 is 0 Å². The molecule has 1 amide bonds. The highest BCUT2D eigenvalue weighted by atomic mass is 16.3. The predicted octanol–water partition coefficient (Wildman–Crippen LogP) is 1.36. The Morgan fingerprint density at radius 3 is 2.39 bits per heavy atom. The van der Waals surface area contributed by atoms with Gasteiger partial charge in [-0.1, -0.05) is 19.3 Å². The van der Waals surface area contributed by atoms with Gasteiger partial charge in [-0.3, -0.25) is 9.69 Å². The molecule has 2 aliphatic heterocycles. The second kappa shape index (κ2) is 7.49. The number of aliphatic hydroxyl groups excluding tert-OH is 1. The van der Waals surface area contributed by atoms with E-state index in [0.717, 1.165) is 51.9 Å². The van der Waals surface area contributed by atoms with Gasteiger partial charge in [0.25, 0.3) is 0 Å². The molecule has 0 aromatic heterocycles. The molecule has 0 aromatic rings. The van der Waals surface area contributed by atoms with Crippen LogP contribution in [0, 0.1) is 0 Å². The largest absolute Gasteiger partial charge is 0.387 e. The minimum absolute atomic E-state index is 0.0518. The van der Waals surface area contributed by atoms with E-state index in [-0.39, 0.29) is 12.5 Å². The molecule has 2 heterocycles. The highest BCUT2D eigenvalue weighted by Crippen LogP contribution is 2.31. The van der Waals surface area contributed by atoms with Gasteiger partial charge in [-0.05, 0) is 45.6 Å². The fourth-order valence-corrected chi connectivity index (χ4v) is 4.90. The zero-order valence-electron chi connectivity index (χ0n) is 14.6. The summed E-state index contributed by atoms with van der Waals surface area (Å²) in [4.78, 5) is 17.1. The van der Waals surface area contributed by atoms with Crippen molar-refractivity contribution in [2.75, 3.05) is 32.8 Å². The van der Waals surface area contributed by atoms with E-state index in [1.54, 1.807) is 0 Å². The molecule has 5 heteroatoms. The van der Waals surface area contributed by atoms with Gasteiger partial charge in [0.15, 0.2) is 0 Å². The van der Waals surface area contributed by atoms with Crippen molar-refractivity contribution in [1.82, 2.24) is 15.1 Å². The lowest BCUT2D eigenvalue weighted by atomic mass is 9.89.